The third-order valence-electron chi connectivity index (χ3n) is 14.0. The van der Waals surface area contributed by atoms with E-state index in [0.29, 0.717) is 56.5 Å². The molecule has 334 valence electrons. The SMILES string of the molecule is Fc1ccc(-c2c3nc(c(-c4ccc(F)cc4)c4[n-]c(nc5nc(nc6[n-]c2c2cc7ccccc7cc62)-c2cc6ccccc6cc2-5)c2cc5ccccc5cc42)-c2cc4ccccc4cc2-3)cc1.[Pt+2]. The molecule has 71 heavy (non-hydrogen) atoms. The molecule has 0 saturated heterocycles. The first kappa shape index (κ1) is 41.3. The first-order chi connectivity index (χ1) is 34.5. The molecule has 0 spiro atoms. The molecule has 6 nitrogen and oxygen atoms in total. The van der Waals surface area contributed by atoms with Crippen LogP contribution in [-0.2, 0) is 21.1 Å². The molecule has 15 rings (SSSR count). The monoisotopic (exact) mass is 1090 g/mol. The molecule has 0 unspecified atom stereocenters. The first-order valence-corrected chi connectivity index (χ1v) is 23.1. The molecule has 0 aliphatic carbocycles. The van der Waals surface area contributed by atoms with E-state index >= 15 is 8.78 Å². The van der Waals surface area contributed by atoms with Crippen molar-refractivity contribution >= 4 is 87.0 Å². The van der Waals surface area contributed by atoms with Crippen LogP contribution in [0.4, 0.5) is 8.78 Å². The van der Waals surface area contributed by atoms with E-state index in [2.05, 4.69) is 97.1 Å². The van der Waals surface area contributed by atoms with Gasteiger partial charge in [-0.2, -0.15) is 0 Å². The van der Waals surface area contributed by atoms with Gasteiger partial charge in [0.05, 0.1) is 23.0 Å². The van der Waals surface area contributed by atoms with Gasteiger partial charge in [0.25, 0.3) is 0 Å². The molecular weight excluding hydrogens is 1060 g/mol. The predicted molar refractivity (Wildman–Crippen MR) is 279 cm³/mol. The molecule has 10 aromatic carbocycles. The van der Waals surface area contributed by atoms with E-state index in [9.17, 15) is 0 Å². The molecule has 0 saturated carbocycles. The summed E-state index contributed by atoms with van der Waals surface area (Å²) in [5.74, 6) is 0.220. The third-order valence-corrected chi connectivity index (χ3v) is 14.0. The normalized spacial score (nSPS) is 12.0. The molecular formula is C62H32F2N6Pt. The maximum atomic E-state index is 15.1. The van der Waals surface area contributed by atoms with Gasteiger partial charge >= 0.3 is 21.1 Å². The van der Waals surface area contributed by atoms with Crippen LogP contribution in [0.2, 0.25) is 0 Å². The van der Waals surface area contributed by atoms with Crippen LogP contribution in [-0.4, -0.2) is 19.9 Å². The summed E-state index contributed by atoms with van der Waals surface area (Å²) in [6, 6.07) is 63.3. The average molecular weight is 1090 g/mol. The molecule has 9 heteroatoms. The molecule has 2 aliphatic heterocycles. The maximum absolute atomic E-state index is 15.1. The number of fused-ring (bicyclic) bond motifs is 24. The van der Waals surface area contributed by atoms with Crippen LogP contribution in [0.3, 0.4) is 0 Å². The second-order valence-electron chi connectivity index (χ2n) is 18.1. The van der Waals surface area contributed by atoms with Gasteiger partial charge in [-0.25, -0.2) is 13.8 Å². The van der Waals surface area contributed by atoms with E-state index in [1.807, 2.05) is 48.5 Å². The van der Waals surface area contributed by atoms with E-state index < -0.39 is 0 Å². The average Bonchev–Trinajstić information content (AvgIpc) is 4.13. The molecule has 0 fully saturated rings. The number of halogens is 2. The fraction of sp³-hybridized carbons (Fsp3) is 0. The Labute approximate surface area is 417 Å². The van der Waals surface area contributed by atoms with Gasteiger partial charge in [-0.15, -0.1) is 0 Å². The Bertz CT molecular complexity index is 4330. The molecule has 0 N–H and O–H groups in total. The number of nitrogens with zero attached hydrogens (tertiary/aromatic N) is 6. The van der Waals surface area contributed by atoms with Crippen molar-refractivity contribution in [2.75, 3.05) is 0 Å². The van der Waals surface area contributed by atoms with E-state index in [0.717, 1.165) is 98.0 Å². The number of hydrogen-bond acceptors (Lipinski definition) is 4. The van der Waals surface area contributed by atoms with Gasteiger partial charge in [-0.1, -0.05) is 121 Å². The van der Waals surface area contributed by atoms with Crippen LogP contribution < -0.4 is 9.97 Å². The zero-order valence-corrected chi connectivity index (χ0v) is 39.5. The number of benzene rings is 10. The summed E-state index contributed by atoms with van der Waals surface area (Å²) in [6.45, 7) is 0. The summed E-state index contributed by atoms with van der Waals surface area (Å²) in [6.07, 6.45) is 0. The van der Waals surface area contributed by atoms with Crippen LogP contribution >= 0.6 is 0 Å². The van der Waals surface area contributed by atoms with Gasteiger partial charge in [-0.3, -0.25) is 4.98 Å². The minimum atomic E-state index is -0.362. The summed E-state index contributed by atoms with van der Waals surface area (Å²) >= 11 is 0. The van der Waals surface area contributed by atoms with Crippen molar-refractivity contribution in [2.24, 2.45) is 0 Å². The molecule has 0 amide bonds. The Morgan fingerprint density at radius 3 is 0.972 bits per heavy atom. The van der Waals surface area contributed by atoms with Crippen molar-refractivity contribution in [1.82, 2.24) is 29.9 Å². The quantitative estimate of drug-likeness (QED) is 0.172. The fourth-order valence-corrected chi connectivity index (χ4v) is 10.7. The summed E-state index contributed by atoms with van der Waals surface area (Å²) < 4.78 is 30.2. The van der Waals surface area contributed by atoms with Crippen LogP contribution in [0.5, 0.6) is 0 Å². The summed E-state index contributed by atoms with van der Waals surface area (Å²) in [5.41, 5.74) is 9.73. The van der Waals surface area contributed by atoms with Gasteiger partial charge in [0.15, 0.2) is 0 Å². The summed E-state index contributed by atoms with van der Waals surface area (Å²) in [4.78, 5) is 33.0. The van der Waals surface area contributed by atoms with Crippen molar-refractivity contribution < 1.29 is 29.8 Å². The van der Waals surface area contributed by atoms with Crippen LogP contribution in [0.25, 0.3) is 155 Å². The second kappa shape index (κ2) is 15.7. The standard InChI is InChI=1S/C62H32F2N6.Pt/c63-43-21-17-33(18-22-43)53-55-45-25-35-9-1-2-10-36(35)26-46(45)56(65-55)54(34-19-23-44(64)24-20-34)58-48-28-38-12-4-6-14-40(38)30-50(48)60(67-58)69-62-52-32-42-16-8-7-15-41(42)31-51(52)61(70-62)68-59-49-29-39-13-5-3-11-37(39)27-47(49)57(53)66-59;/h1-32H;/q-2;+2. The zero-order valence-electron chi connectivity index (χ0n) is 37.2. The van der Waals surface area contributed by atoms with Gasteiger partial charge in [0.1, 0.15) is 11.6 Å². The Kier molecular flexibility index (Phi) is 9.10. The van der Waals surface area contributed by atoms with Gasteiger partial charge in [0, 0.05) is 33.4 Å². The maximum Gasteiger partial charge on any atom is 2.00 e. The Morgan fingerprint density at radius 1 is 0.310 bits per heavy atom. The van der Waals surface area contributed by atoms with Crippen molar-refractivity contribution in [2.45, 2.75) is 0 Å². The largest absolute Gasteiger partial charge is 2.00 e. The topological polar surface area (TPSA) is 79.8 Å². The van der Waals surface area contributed by atoms with Crippen molar-refractivity contribution in [3.8, 4) is 67.5 Å². The molecule has 3 aromatic heterocycles. The van der Waals surface area contributed by atoms with Crippen LogP contribution in [0.1, 0.15) is 0 Å². The molecule has 8 bridgehead atoms. The number of aromatic nitrogens is 6. The van der Waals surface area contributed by atoms with E-state index in [1.165, 1.54) is 24.3 Å². The van der Waals surface area contributed by atoms with E-state index in [-0.39, 0.29) is 32.7 Å². The van der Waals surface area contributed by atoms with Gasteiger partial charge in [-0.05, 0) is 171 Å². The van der Waals surface area contributed by atoms with Crippen molar-refractivity contribution in [3.05, 3.63) is 206 Å². The van der Waals surface area contributed by atoms with Crippen LogP contribution in [0, 0.1) is 11.6 Å². The smallest absolute Gasteiger partial charge is 0.435 e. The summed E-state index contributed by atoms with van der Waals surface area (Å²) in [5, 5.41) is 11.6. The minimum Gasteiger partial charge on any atom is -0.435 e. The second-order valence-corrected chi connectivity index (χ2v) is 18.1. The van der Waals surface area contributed by atoms with E-state index in [4.69, 9.17) is 29.9 Å². The Balaban J connectivity index is 0.00000470. The van der Waals surface area contributed by atoms with E-state index in [1.54, 1.807) is 24.3 Å². The van der Waals surface area contributed by atoms with Crippen molar-refractivity contribution in [3.63, 3.8) is 0 Å². The van der Waals surface area contributed by atoms with Crippen molar-refractivity contribution in [1.29, 1.82) is 0 Å². The third kappa shape index (κ3) is 6.41. The molecule has 0 radical (unpaired) electrons. The predicted octanol–water partition coefficient (Wildman–Crippen LogP) is 15.6. The fourth-order valence-electron chi connectivity index (χ4n) is 10.7. The van der Waals surface area contributed by atoms with Gasteiger partial charge < -0.3 is 19.9 Å². The van der Waals surface area contributed by atoms with Gasteiger partial charge in [0.2, 0.25) is 0 Å². The molecule has 2 aliphatic rings. The number of rotatable bonds is 2. The Morgan fingerprint density at radius 2 is 0.620 bits per heavy atom. The molecule has 5 heterocycles. The first-order valence-electron chi connectivity index (χ1n) is 23.1. The summed E-state index contributed by atoms with van der Waals surface area (Å²) in [7, 11) is 0. The zero-order chi connectivity index (χ0) is 46.2. The molecule has 13 aromatic rings. The molecule has 0 atom stereocenters. The Hall–Kier alpha value is -8.71. The number of hydrogen-bond donors (Lipinski definition) is 0. The van der Waals surface area contributed by atoms with Crippen LogP contribution in [0.15, 0.2) is 194 Å². The minimum absolute atomic E-state index is 0.